The predicted molar refractivity (Wildman–Crippen MR) is 203 cm³/mol. The van der Waals surface area contributed by atoms with Gasteiger partial charge in [0, 0.05) is 20.8 Å². The fourth-order valence-corrected chi connectivity index (χ4v) is 10.6. The molecule has 0 aliphatic carbocycles. The molecule has 11 atom stereocenters. The SMILES string of the molecule is CC[C@H]1O[C@@H](n2cnc3c(C)ncnc32)C(OC)[C@H]1O.CC[C@H]1O[C@@H](n2cnc3c(C)ncnc32)C(OC)[C@H]1O[P@@]1O[C@](C)(c2ccccc2)[C@@H]2CCCN21. The summed E-state index contributed by atoms with van der Waals surface area (Å²) >= 11 is 0. The van der Waals surface area contributed by atoms with Crippen molar-refractivity contribution in [2.75, 3.05) is 20.8 Å². The van der Waals surface area contributed by atoms with Crippen LogP contribution in [0.2, 0.25) is 0 Å². The van der Waals surface area contributed by atoms with Gasteiger partial charge in [-0.25, -0.2) is 34.6 Å². The molecular formula is C38H50N9O7P. The number of imidazole rings is 2. The van der Waals surface area contributed by atoms with Gasteiger partial charge in [-0.1, -0.05) is 44.2 Å². The summed E-state index contributed by atoms with van der Waals surface area (Å²) in [6.07, 6.45) is 7.33. The number of aromatic nitrogens is 8. The molecule has 0 saturated carbocycles. The Kier molecular flexibility index (Phi) is 11.0. The van der Waals surface area contributed by atoms with E-state index in [1.807, 2.05) is 31.4 Å². The zero-order chi connectivity index (χ0) is 38.4. The molecular weight excluding hydrogens is 725 g/mol. The lowest BCUT2D eigenvalue weighted by atomic mass is 9.87. The number of aryl methyl sites for hydroxylation is 2. The topological polar surface area (TPSA) is 166 Å². The Labute approximate surface area is 321 Å². The largest absolute Gasteiger partial charge is 0.388 e. The highest BCUT2D eigenvalue weighted by molar-refractivity contribution is 7.45. The van der Waals surface area contributed by atoms with Crippen molar-refractivity contribution in [1.82, 2.24) is 43.7 Å². The lowest BCUT2D eigenvalue weighted by Gasteiger charge is -2.29. The lowest BCUT2D eigenvalue weighted by molar-refractivity contribution is -0.0497. The molecule has 0 radical (unpaired) electrons. The molecule has 0 spiro atoms. The van der Waals surface area contributed by atoms with Gasteiger partial charge in [-0.15, -0.1) is 0 Å². The van der Waals surface area contributed by atoms with Crippen LogP contribution in [0.25, 0.3) is 22.3 Å². The van der Waals surface area contributed by atoms with Crippen molar-refractivity contribution in [2.24, 2.45) is 0 Å². The molecule has 4 fully saturated rings. The first-order valence-corrected chi connectivity index (χ1v) is 20.2. The number of ether oxygens (including phenoxy) is 4. The van der Waals surface area contributed by atoms with Gasteiger partial charge < -0.3 is 33.1 Å². The second-order valence-corrected chi connectivity index (χ2v) is 16.0. The van der Waals surface area contributed by atoms with E-state index in [-0.39, 0.29) is 24.4 Å². The van der Waals surface area contributed by atoms with Crippen LogP contribution in [0, 0.1) is 13.8 Å². The summed E-state index contributed by atoms with van der Waals surface area (Å²) in [5, 5.41) is 10.2. The van der Waals surface area contributed by atoms with Crippen molar-refractivity contribution in [3.8, 4) is 0 Å². The molecule has 1 aromatic carbocycles. The van der Waals surface area contributed by atoms with Crippen LogP contribution in [0.1, 0.15) is 75.9 Å². The minimum absolute atomic E-state index is 0.138. The summed E-state index contributed by atoms with van der Waals surface area (Å²) < 4.78 is 43.6. The van der Waals surface area contributed by atoms with Crippen molar-refractivity contribution in [3.05, 3.63) is 72.6 Å². The van der Waals surface area contributed by atoms with E-state index < -0.39 is 38.8 Å². The number of aliphatic hydroxyl groups is 1. The van der Waals surface area contributed by atoms with Crippen molar-refractivity contribution < 1.29 is 33.1 Å². The average molecular weight is 776 g/mol. The summed E-state index contributed by atoms with van der Waals surface area (Å²) in [6, 6.07) is 10.8. The molecule has 16 nitrogen and oxygen atoms in total. The number of aliphatic hydroxyl groups excluding tert-OH is 1. The molecule has 17 heteroatoms. The highest BCUT2D eigenvalue weighted by Crippen LogP contribution is 2.64. The Balaban J connectivity index is 0.000000181. The van der Waals surface area contributed by atoms with Crippen LogP contribution in [0.15, 0.2) is 55.6 Å². The molecule has 5 aromatic rings. The summed E-state index contributed by atoms with van der Waals surface area (Å²) in [4.78, 5) is 26.0. The van der Waals surface area contributed by atoms with E-state index >= 15 is 0 Å². The van der Waals surface area contributed by atoms with E-state index in [0.717, 1.165) is 60.3 Å². The lowest BCUT2D eigenvalue weighted by Crippen LogP contribution is -2.37. The number of methoxy groups -OCH3 is 2. The molecule has 55 heavy (non-hydrogen) atoms. The smallest absolute Gasteiger partial charge is 0.260 e. The fourth-order valence-electron chi connectivity index (χ4n) is 8.47. The first kappa shape index (κ1) is 38.3. The molecule has 294 valence electrons. The molecule has 4 saturated heterocycles. The third-order valence-corrected chi connectivity index (χ3v) is 13.3. The third kappa shape index (κ3) is 6.64. The fraction of sp³-hybridized carbons (Fsp3) is 0.579. The van der Waals surface area contributed by atoms with Crippen LogP contribution >= 0.6 is 8.53 Å². The van der Waals surface area contributed by atoms with Gasteiger partial charge in [-0.05, 0) is 52.0 Å². The molecule has 4 aliphatic rings. The molecule has 8 heterocycles. The van der Waals surface area contributed by atoms with E-state index in [9.17, 15) is 5.11 Å². The van der Waals surface area contributed by atoms with Gasteiger partial charge >= 0.3 is 0 Å². The zero-order valence-electron chi connectivity index (χ0n) is 32.3. The molecule has 1 N–H and O–H groups in total. The monoisotopic (exact) mass is 775 g/mol. The Bertz CT molecular complexity index is 2090. The summed E-state index contributed by atoms with van der Waals surface area (Å²) in [7, 11) is 2.02. The molecule has 4 aliphatic heterocycles. The van der Waals surface area contributed by atoms with Gasteiger partial charge in [0.05, 0.1) is 42.3 Å². The average Bonchev–Trinajstić information content (AvgIpc) is 4.06. The molecule has 0 amide bonds. The summed E-state index contributed by atoms with van der Waals surface area (Å²) in [5.41, 5.74) is 5.37. The van der Waals surface area contributed by atoms with Gasteiger partial charge in [0.25, 0.3) is 8.53 Å². The highest BCUT2D eigenvalue weighted by atomic mass is 31.2. The highest BCUT2D eigenvalue weighted by Gasteiger charge is 2.57. The number of fused-ring (bicyclic) bond motifs is 3. The Morgan fingerprint density at radius 3 is 1.96 bits per heavy atom. The first-order valence-electron chi connectivity index (χ1n) is 19.0. The van der Waals surface area contributed by atoms with Gasteiger partial charge in [-0.2, -0.15) is 0 Å². The van der Waals surface area contributed by atoms with Gasteiger partial charge in [0.1, 0.15) is 53.7 Å². The third-order valence-electron chi connectivity index (χ3n) is 11.5. The van der Waals surface area contributed by atoms with Crippen LogP contribution in [0.3, 0.4) is 0 Å². The minimum Gasteiger partial charge on any atom is -0.388 e. The van der Waals surface area contributed by atoms with Gasteiger partial charge in [0.2, 0.25) is 0 Å². The molecule has 0 bridgehead atoms. The number of rotatable bonds is 9. The van der Waals surface area contributed by atoms with Crippen molar-refractivity contribution >= 4 is 30.9 Å². The van der Waals surface area contributed by atoms with Crippen LogP contribution in [0.4, 0.5) is 0 Å². The van der Waals surface area contributed by atoms with Crippen LogP contribution in [-0.2, 0) is 33.6 Å². The van der Waals surface area contributed by atoms with Gasteiger partial charge in [0.15, 0.2) is 23.8 Å². The minimum atomic E-state index is -1.27. The summed E-state index contributed by atoms with van der Waals surface area (Å²) in [5.74, 6) is 0. The van der Waals surface area contributed by atoms with Crippen molar-refractivity contribution in [2.45, 2.75) is 121 Å². The number of benzene rings is 1. The second kappa shape index (κ2) is 15.8. The zero-order valence-corrected chi connectivity index (χ0v) is 33.2. The Hall–Kier alpha value is -3.57. The molecule has 4 aromatic heterocycles. The first-order chi connectivity index (χ1) is 26.7. The standard InChI is InChI=1S/C25H32N5O4P.C13H18N4O3/c1-5-18-21(22(31-4)24(32-18)29-15-28-20-16(2)26-14-27-23(20)29)33-35-30-13-9-12-19(30)25(3,34-35)17-10-7-6-8-11-17;1-4-8-10(18)11(19-3)13(20-8)17-6-16-9-7(2)14-5-15-12(9)17/h6-8,10-11,14-15,18-19,21-22,24H,5,9,12-13H2,1-4H3;5-6,8,10-11,13,18H,4H2,1-3H3/t18-,19+,21+,22?,24-,25-,35+;8-,10+,11?,13-/m11/s1. The van der Waals surface area contributed by atoms with E-state index in [1.54, 1.807) is 37.8 Å². The van der Waals surface area contributed by atoms with Crippen molar-refractivity contribution in [3.63, 3.8) is 0 Å². The van der Waals surface area contributed by atoms with E-state index in [1.165, 1.54) is 11.9 Å². The van der Waals surface area contributed by atoms with E-state index in [2.05, 4.69) is 72.7 Å². The number of nitrogens with zero attached hydrogens (tertiary/aromatic N) is 9. The van der Waals surface area contributed by atoms with Gasteiger partial charge in [-0.3, -0.25) is 9.13 Å². The van der Waals surface area contributed by atoms with Crippen LogP contribution in [-0.4, -0.2) is 112 Å². The molecule has 9 rings (SSSR count). The molecule has 2 unspecified atom stereocenters. The number of hydrogen-bond acceptors (Lipinski definition) is 14. The quantitative estimate of drug-likeness (QED) is 0.192. The summed E-state index contributed by atoms with van der Waals surface area (Å²) in [6.45, 7) is 11.1. The Morgan fingerprint density at radius 1 is 0.800 bits per heavy atom. The Morgan fingerprint density at radius 2 is 1.38 bits per heavy atom. The maximum Gasteiger partial charge on any atom is 0.260 e. The normalized spacial score (nSPS) is 33.4. The van der Waals surface area contributed by atoms with Crippen LogP contribution < -0.4 is 0 Å². The van der Waals surface area contributed by atoms with E-state index in [4.69, 9.17) is 28.0 Å². The second-order valence-electron chi connectivity index (χ2n) is 14.6. The van der Waals surface area contributed by atoms with Crippen LogP contribution in [0.5, 0.6) is 0 Å². The number of hydrogen-bond donors (Lipinski definition) is 1. The van der Waals surface area contributed by atoms with E-state index in [0.29, 0.717) is 11.7 Å². The maximum atomic E-state index is 10.2. The van der Waals surface area contributed by atoms with Crippen molar-refractivity contribution in [1.29, 1.82) is 0 Å². The predicted octanol–water partition coefficient (Wildman–Crippen LogP) is 5.30. The maximum absolute atomic E-state index is 10.2.